The lowest BCUT2D eigenvalue weighted by Gasteiger charge is -2.17. The fraction of sp³-hybridized carbons (Fsp3) is 0.222. The minimum Gasteiger partial charge on any atom is -0.435 e. The van der Waals surface area contributed by atoms with Crippen LogP contribution in [0, 0.1) is 6.92 Å². The molecule has 2 N–H and O–H groups in total. The van der Waals surface area contributed by atoms with Crippen LogP contribution in [0.15, 0.2) is 42.5 Å². The van der Waals surface area contributed by atoms with Crippen LogP contribution in [0.1, 0.15) is 15.9 Å². The molecule has 0 aliphatic carbocycles. The maximum Gasteiger partial charge on any atom is 0.387 e. The monoisotopic (exact) mass is 361 g/mol. The summed E-state index contributed by atoms with van der Waals surface area (Å²) >= 11 is 0. The molecule has 1 fully saturated rings. The van der Waals surface area contributed by atoms with E-state index < -0.39 is 6.61 Å². The van der Waals surface area contributed by atoms with Crippen LogP contribution in [0.3, 0.4) is 0 Å². The summed E-state index contributed by atoms with van der Waals surface area (Å²) in [7, 11) is 0. The van der Waals surface area contributed by atoms with Crippen molar-refractivity contribution in [3.05, 3.63) is 53.6 Å². The normalized spacial score (nSPS) is 13.7. The predicted molar refractivity (Wildman–Crippen MR) is 93.0 cm³/mol. The number of ether oxygens (including phenoxy) is 1. The summed E-state index contributed by atoms with van der Waals surface area (Å²) < 4.78 is 28.9. The van der Waals surface area contributed by atoms with E-state index in [0.717, 1.165) is 11.3 Å². The van der Waals surface area contributed by atoms with Crippen LogP contribution >= 0.6 is 0 Å². The molecule has 3 rings (SSSR count). The Labute approximate surface area is 148 Å². The van der Waals surface area contributed by atoms with E-state index in [0.29, 0.717) is 24.3 Å². The molecule has 2 aromatic rings. The van der Waals surface area contributed by atoms with E-state index in [1.54, 1.807) is 29.2 Å². The zero-order valence-corrected chi connectivity index (χ0v) is 14.0. The highest BCUT2D eigenvalue weighted by molar-refractivity contribution is 6.05. The molecule has 0 aromatic heterocycles. The first-order chi connectivity index (χ1) is 12.4. The average Bonchev–Trinajstić information content (AvgIpc) is 3.00. The molecule has 136 valence electrons. The van der Waals surface area contributed by atoms with Gasteiger partial charge in [-0.2, -0.15) is 8.78 Å². The summed E-state index contributed by atoms with van der Waals surface area (Å²) in [6.45, 7) is 0.0352. The van der Waals surface area contributed by atoms with Crippen molar-refractivity contribution in [1.29, 1.82) is 0 Å². The van der Waals surface area contributed by atoms with Crippen LogP contribution in [0.5, 0.6) is 5.75 Å². The standard InChI is InChI=1S/C18H17F2N3O3/c1-11-9-12(5-6-15(11)23-8-7-21-18(23)25)16(24)22-13-3-2-4-14(10-13)26-17(19)20/h2-6,9-10,17H,7-8H2,1H3,(H,21,25)(H,22,24). The lowest BCUT2D eigenvalue weighted by Crippen LogP contribution is -2.28. The third-order valence-electron chi connectivity index (χ3n) is 3.92. The number of benzene rings is 2. The molecule has 0 spiro atoms. The van der Waals surface area contributed by atoms with Gasteiger partial charge in [0.15, 0.2) is 0 Å². The quantitative estimate of drug-likeness (QED) is 0.858. The second-order valence-corrected chi connectivity index (χ2v) is 5.75. The third-order valence-corrected chi connectivity index (χ3v) is 3.92. The van der Waals surface area contributed by atoms with E-state index in [9.17, 15) is 18.4 Å². The predicted octanol–water partition coefficient (Wildman–Crippen LogP) is 3.38. The molecule has 0 radical (unpaired) electrons. The Morgan fingerprint density at radius 1 is 1.27 bits per heavy atom. The van der Waals surface area contributed by atoms with Crippen molar-refractivity contribution >= 4 is 23.3 Å². The number of halogens is 2. The van der Waals surface area contributed by atoms with E-state index in [4.69, 9.17) is 0 Å². The molecular formula is C18H17F2N3O3. The molecular weight excluding hydrogens is 344 g/mol. The van der Waals surface area contributed by atoms with Crippen LogP contribution in [-0.2, 0) is 0 Å². The van der Waals surface area contributed by atoms with Crippen LogP contribution in [0.25, 0.3) is 0 Å². The number of hydrogen-bond acceptors (Lipinski definition) is 3. The van der Waals surface area contributed by atoms with Gasteiger partial charge in [-0.3, -0.25) is 9.69 Å². The average molecular weight is 361 g/mol. The third kappa shape index (κ3) is 3.90. The van der Waals surface area contributed by atoms with Gasteiger partial charge in [-0.1, -0.05) is 6.07 Å². The molecule has 0 atom stereocenters. The van der Waals surface area contributed by atoms with Gasteiger partial charge in [0, 0.05) is 36.1 Å². The van der Waals surface area contributed by atoms with Gasteiger partial charge >= 0.3 is 12.6 Å². The van der Waals surface area contributed by atoms with Gasteiger partial charge in [-0.05, 0) is 42.8 Å². The number of nitrogens with zero attached hydrogens (tertiary/aromatic N) is 1. The van der Waals surface area contributed by atoms with Crippen molar-refractivity contribution in [2.75, 3.05) is 23.3 Å². The number of urea groups is 1. The molecule has 0 saturated carbocycles. The van der Waals surface area contributed by atoms with E-state index in [1.807, 2.05) is 6.92 Å². The topological polar surface area (TPSA) is 70.7 Å². The minimum absolute atomic E-state index is 0.0376. The number of aryl methyl sites for hydroxylation is 1. The van der Waals surface area contributed by atoms with Crippen LogP contribution < -0.4 is 20.3 Å². The molecule has 1 heterocycles. The Morgan fingerprint density at radius 2 is 2.08 bits per heavy atom. The first-order valence-electron chi connectivity index (χ1n) is 7.96. The first kappa shape index (κ1) is 17.7. The number of anilines is 2. The van der Waals surface area contributed by atoms with Crippen molar-refractivity contribution in [1.82, 2.24) is 5.32 Å². The lowest BCUT2D eigenvalue weighted by molar-refractivity contribution is -0.0498. The highest BCUT2D eigenvalue weighted by Gasteiger charge is 2.23. The van der Waals surface area contributed by atoms with E-state index in [2.05, 4.69) is 15.4 Å². The Morgan fingerprint density at radius 3 is 2.73 bits per heavy atom. The SMILES string of the molecule is Cc1cc(C(=O)Nc2cccc(OC(F)F)c2)ccc1N1CCNC1=O. The fourth-order valence-corrected chi connectivity index (χ4v) is 2.75. The van der Waals surface area contributed by atoms with Gasteiger partial charge in [0.05, 0.1) is 0 Å². The summed E-state index contributed by atoms with van der Waals surface area (Å²) in [5.74, 6) is -0.427. The zero-order chi connectivity index (χ0) is 18.7. The molecule has 2 aromatic carbocycles. The first-order valence-corrected chi connectivity index (χ1v) is 7.96. The van der Waals surface area contributed by atoms with Crippen molar-refractivity contribution in [2.24, 2.45) is 0 Å². The van der Waals surface area contributed by atoms with E-state index in [-0.39, 0.29) is 17.7 Å². The number of carbonyl (C=O) groups is 2. The van der Waals surface area contributed by atoms with E-state index in [1.165, 1.54) is 18.2 Å². The Bertz CT molecular complexity index is 842. The summed E-state index contributed by atoms with van der Waals surface area (Å²) in [5.41, 5.74) is 2.26. The number of carbonyl (C=O) groups excluding carboxylic acids is 2. The molecule has 1 aliphatic heterocycles. The van der Waals surface area contributed by atoms with Gasteiger partial charge in [0.1, 0.15) is 5.75 Å². The van der Waals surface area contributed by atoms with Crippen molar-refractivity contribution in [3.63, 3.8) is 0 Å². The Kier molecular flexibility index (Phi) is 5.01. The van der Waals surface area contributed by atoms with Gasteiger partial charge in [-0.15, -0.1) is 0 Å². The summed E-state index contributed by atoms with van der Waals surface area (Å²) in [6.07, 6.45) is 0. The van der Waals surface area contributed by atoms with Crippen LogP contribution in [0.2, 0.25) is 0 Å². The van der Waals surface area contributed by atoms with Gasteiger partial charge < -0.3 is 15.4 Å². The molecule has 8 heteroatoms. The second-order valence-electron chi connectivity index (χ2n) is 5.75. The van der Waals surface area contributed by atoms with Gasteiger partial charge in [-0.25, -0.2) is 4.79 Å². The Balaban J connectivity index is 1.74. The van der Waals surface area contributed by atoms with Crippen molar-refractivity contribution in [2.45, 2.75) is 13.5 Å². The molecule has 6 nitrogen and oxygen atoms in total. The highest BCUT2D eigenvalue weighted by Crippen LogP contribution is 2.24. The molecule has 0 bridgehead atoms. The number of hydrogen-bond donors (Lipinski definition) is 2. The maximum atomic E-state index is 12.4. The number of nitrogens with one attached hydrogen (secondary N) is 2. The van der Waals surface area contributed by atoms with E-state index >= 15 is 0 Å². The summed E-state index contributed by atoms with van der Waals surface area (Å²) in [5, 5.41) is 5.37. The second kappa shape index (κ2) is 7.38. The fourth-order valence-electron chi connectivity index (χ4n) is 2.75. The van der Waals surface area contributed by atoms with Crippen LogP contribution in [0.4, 0.5) is 25.0 Å². The molecule has 1 saturated heterocycles. The number of amides is 3. The van der Waals surface area contributed by atoms with Crippen molar-refractivity contribution in [3.8, 4) is 5.75 Å². The van der Waals surface area contributed by atoms with Crippen LogP contribution in [-0.4, -0.2) is 31.6 Å². The number of alkyl halides is 2. The molecule has 26 heavy (non-hydrogen) atoms. The molecule has 3 amide bonds. The lowest BCUT2D eigenvalue weighted by atomic mass is 10.1. The largest absolute Gasteiger partial charge is 0.435 e. The zero-order valence-electron chi connectivity index (χ0n) is 14.0. The van der Waals surface area contributed by atoms with Crippen molar-refractivity contribution < 1.29 is 23.1 Å². The summed E-state index contributed by atoms with van der Waals surface area (Å²) in [6, 6.07) is 10.6. The summed E-state index contributed by atoms with van der Waals surface area (Å²) in [4.78, 5) is 25.8. The minimum atomic E-state index is -2.93. The molecule has 1 aliphatic rings. The Hall–Kier alpha value is -3.16. The maximum absolute atomic E-state index is 12.4. The molecule has 0 unspecified atom stereocenters. The van der Waals surface area contributed by atoms with Gasteiger partial charge in [0.25, 0.3) is 5.91 Å². The number of rotatable bonds is 5. The van der Waals surface area contributed by atoms with Gasteiger partial charge in [0.2, 0.25) is 0 Å². The highest BCUT2D eigenvalue weighted by atomic mass is 19.3. The smallest absolute Gasteiger partial charge is 0.387 e.